The second-order valence-corrected chi connectivity index (χ2v) is 5.45. The second kappa shape index (κ2) is 5.13. The Morgan fingerprint density at radius 1 is 0.846 bits per heavy atom. The smallest absolute Gasteiger partial charge is 0.305 e. The molecule has 3 heteroatoms. The zero-order valence-corrected chi connectivity index (χ0v) is 11.4. The second-order valence-electron chi connectivity index (χ2n) is 4.63. The van der Waals surface area contributed by atoms with Gasteiger partial charge in [0.05, 0.1) is 11.2 Å². The standard InChI is InChI=1S/C10H24O2Si/c1-7-9(3,4)11-13-12-10(5,6)8-2/h7-8,13H2,1-6H3. The molecule has 0 aliphatic rings. The minimum atomic E-state index is -0.819. The fourth-order valence-corrected chi connectivity index (χ4v) is 1.66. The van der Waals surface area contributed by atoms with Gasteiger partial charge >= 0.3 is 10.0 Å². The maximum atomic E-state index is 5.73. The molecule has 0 aromatic carbocycles. The van der Waals surface area contributed by atoms with Crippen LogP contribution < -0.4 is 0 Å². The zero-order chi connectivity index (χ0) is 10.5. The molecule has 0 bridgehead atoms. The fraction of sp³-hybridized carbons (Fsp3) is 1.00. The van der Waals surface area contributed by atoms with Gasteiger partial charge < -0.3 is 8.85 Å². The first-order valence-electron chi connectivity index (χ1n) is 5.11. The van der Waals surface area contributed by atoms with Gasteiger partial charge in [0.15, 0.2) is 0 Å². The van der Waals surface area contributed by atoms with Crippen molar-refractivity contribution in [3.05, 3.63) is 0 Å². The summed E-state index contributed by atoms with van der Waals surface area (Å²) in [7, 11) is -0.819. The highest BCUT2D eigenvalue weighted by Crippen LogP contribution is 2.16. The van der Waals surface area contributed by atoms with Crippen molar-refractivity contribution in [1.29, 1.82) is 0 Å². The molecule has 0 rings (SSSR count). The first kappa shape index (κ1) is 13.1. The first-order chi connectivity index (χ1) is 5.83. The largest absolute Gasteiger partial charge is 0.394 e. The third kappa shape index (κ3) is 6.24. The van der Waals surface area contributed by atoms with Crippen molar-refractivity contribution in [2.24, 2.45) is 0 Å². The van der Waals surface area contributed by atoms with Crippen LogP contribution in [0.15, 0.2) is 0 Å². The van der Waals surface area contributed by atoms with Crippen molar-refractivity contribution in [1.82, 2.24) is 0 Å². The zero-order valence-electron chi connectivity index (χ0n) is 9.94. The third-order valence-electron chi connectivity index (χ3n) is 2.60. The Labute approximate surface area is 85.1 Å². The monoisotopic (exact) mass is 204 g/mol. The molecule has 80 valence electrons. The van der Waals surface area contributed by atoms with Crippen LogP contribution >= 0.6 is 0 Å². The summed E-state index contributed by atoms with van der Waals surface area (Å²) in [6.45, 7) is 12.7. The number of rotatable bonds is 6. The van der Waals surface area contributed by atoms with E-state index in [4.69, 9.17) is 8.85 Å². The lowest BCUT2D eigenvalue weighted by Gasteiger charge is -2.28. The molecule has 0 amide bonds. The molecule has 0 aliphatic carbocycles. The quantitative estimate of drug-likeness (QED) is 0.619. The lowest BCUT2D eigenvalue weighted by Crippen LogP contribution is -2.32. The summed E-state index contributed by atoms with van der Waals surface area (Å²) >= 11 is 0. The highest BCUT2D eigenvalue weighted by Gasteiger charge is 2.19. The summed E-state index contributed by atoms with van der Waals surface area (Å²) in [6.07, 6.45) is 2.08. The Hall–Kier alpha value is 0.137. The van der Waals surface area contributed by atoms with Crippen LogP contribution in [-0.2, 0) is 8.85 Å². The average molecular weight is 204 g/mol. The Morgan fingerprint density at radius 3 is 1.38 bits per heavy atom. The summed E-state index contributed by atoms with van der Waals surface area (Å²) in [5, 5.41) is 0. The van der Waals surface area contributed by atoms with Crippen molar-refractivity contribution >= 4 is 10.0 Å². The van der Waals surface area contributed by atoms with Crippen molar-refractivity contribution < 1.29 is 8.85 Å². The van der Waals surface area contributed by atoms with Crippen LogP contribution in [-0.4, -0.2) is 21.2 Å². The van der Waals surface area contributed by atoms with E-state index < -0.39 is 10.0 Å². The molecule has 2 nitrogen and oxygen atoms in total. The van der Waals surface area contributed by atoms with Gasteiger partial charge in [-0.05, 0) is 40.5 Å². The van der Waals surface area contributed by atoms with E-state index in [-0.39, 0.29) is 11.2 Å². The topological polar surface area (TPSA) is 18.5 Å². The Morgan fingerprint density at radius 2 is 1.15 bits per heavy atom. The Bertz CT molecular complexity index is 128. The van der Waals surface area contributed by atoms with Gasteiger partial charge in [0.25, 0.3) is 0 Å². The molecular formula is C10H24O2Si. The number of hydrogen-bond donors (Lipinski definition) is 0. The van der Waals surface area contributed by atoms with Crippen LogP contribution in [0.4, 0.5) is 0 Å². The normalized spacial score (nSPS) is 13.4. The van der Waals surface area contributed by atoms with Crippen LogP contribution in [0.5, 0.6) is 0 Å². The van der Waals surface area contributed by atoms with E-state index in [0.29, 0.717) is 0 Å². The van der Waals surface area contributed by atoms with Crippen molar-refractivity contribution in [3.8, 4) is 0 Å². The molecule has 0 aliphatic heterocycles. The van der Waals surface area contributed by atoms with E-state index in [1.807, 2.05) is 0 Å². The van der Waals surface area contributed by atoms with Crippen molar-refractivity contribution in [2.75, 3.05) is 0 Å². The van der Waals surface area contributed by atoms with E-state index in [0.717, 1.165) is 12.8 Å². The summed E-state index contributed by atoms with van der Waals surface area (Å²) < 4.78 is 11.5. The van der Waals surface area contributed by atoms with Gasteiger partial charge in [-0.25, -0.2) is 0 Å². The molecule has 13 heavy (non-hydrogen) atoms. The molecular weight excluding hydrogens is 180 g/mol. The average Bonchev–Trinajstić information content (AvgIpc) is 2.04. The highest BCUT2D eigenvalue weighted by molar-refractivity contribution is 6.18. The summed E-state index contributed by atoms with van der Waals surface area (Å²) in [4.78, 5) is 0. The minimum absolute atomic E-state index is 0.00392. The summed E-state index contributed by atoms with van der Waals surface area (Å²) in [5.41, 5.74) is -0.00785. The van der Waals surface area contributed by atoms with Crippen LogP contribution in [0, 0.1) is 0 Å². The van der Waals surface area contributed by atoms with Crippen molar-refractivity contribution in [2.45, 2.75) is 65.6 Å². The van der Waals surface area contributed by atoms with E-state index in [2.05, 4.69) is 41.5 Å². The van der Waals surface area contributed by atoms with E-state index in [1.165, 1.54) is 0 Å². The highest BCUT2D eigenvalue weighted by atomic mass is 28.3. The maximum Gasteiger partial charge on any atom is 0.305 e. The lowest BCUT2D eigenvalue weighted by molar-refractivity contribution is 0.0295. The van der Waals surface area contributed by atoms with Gasteiger partial charge in [-0.3, -0.25) is 0 Å². The SMILES string of the molecule is CCC(C)(C)O[SiH2]OC(C)(C)CC. The fourth-order valence-electron chi connectivity index (χ4n) is 0.553. The van der Waals surface area contributed by atoms with E-state index in [9.17, 15) is 0 Å². The predicted molar refractivity (Wildman–Crippen MR) is 59.5 cm³/mol. The molecule has 0 heterocycles. The van der Waals surface area contributed by atoms with E-state index >= 15 is 0 Å². The maximum absolute atomic E-state index is 5.73. The molecule has 0 unspecified atom stereocenters. The number of hydrogen-bond acceptors (Lipinski definition) is 2. The van der Waals surface area contributed by atoms with Crippen LogP contribution in [0.2, 0.25) is 0 Å². The van der Waals surface area contributed by atoms with Crippen molar-refractivity contribution in [3.63, 3.8) is 0 Å². The van der Waals surface area contributed by atoms with Gasteiger partial charge in [-0.15, -0.1) is 0 Å². The third-order valence-corrected chi connectivity index (χ3v) is 4.40. The Balaban J connectivity index is 3.68. The van der Waals surface area contributed by atoms with Gasteiger partial charge in [0.1, 0.15) is 0 Å². The minimum Gasteiger partial charge on any atom is -0.394 e. The summed E-state index contributed by atoms with van der Waals surface area (Å²) in [6, 6.07) is 0. The van der Waals surface area contributed by atoms with Crippen LogP contribution in [0.3, 0.4) is 0 Å². The van der Waals surface area contributed by atoms with Gasteiger partial charge in [0, 0.05) is 0 Å². The lowest BCUT2D eigenvalue weighted by atomic mass is 10.1. The van der Waals surface area contributed by atoms with Crippen LogP contribution in [0.25, 0.3) is 0 Å². The molecule has 0 atom stereocenters. The first-order valence-corrected chi connectivity index (χ1v) is 6.26. The molecule has 0 aromatic heterocycles. The molecule has 0 N–H and O–H groups in total. The molecule has 0 spiro atoms. The predicted octanol–water partition coefficient (Wildman–Crippen LogP) is 2.40. The molecule has 0 saturated carbocycles. The van der Waals surface area contributed by atoms with E-state index in [1.54, 1.807) is 0 Å². The van der Waals surface area contributed by atoms with Gasteiger partial charge in [0.2, 0.25) is 0 Å². The molecule has 0 saturated heterocycles. The van der Waals surface area contributed by atoms with Crippen LogP contribution in [0.1, 0.15) is 54.4 Å². The summed E-state index contributed by atoms with van der Waals surface area (Å²) in [5.74, 6) is 0. The molecule has 0 radical (unpaired) electrons. The molecule has 0 fully saturated rings. The van der Waals surface area contributed by atoms with Gasteiger partial charge in [-0.2, -0.15) is 0 Å². The van der Waals surface area contributed by atoms with Gasteiger partial charge in [-0.1, -0.05) is 13.8 Å². The Kier molecular flexibility index (Phi) is 5.18. The molecule has 0 aromatic rings.